The van der Waals surface area contributed by atoms with Gasteiger partial charge >= 0.3 is 0 Å². The average Bonchev–Trinajstić information content (AvgIpc) is 2.84. The van der Waals surface area contributed by atoms with Crippen molar-refractivity contribution in [1.29, 1.82) is 0 Å². The first-order valence-electron chi connectivity index (χ1n) is 6.91. The fourth-order valence-corrected chi connectivity index (χ4v) is 3.06. The molecule has 0 spiro atoms. The minimum Gasteiger partial charge on any atom is -0.493 e. The molecule has 0 amide bonds. The van der Waals surface area contributed by atoms with Crippen LogP contribution < -0.4 is 10.1 Å². The summed E-state index contributed by atoms with van der Waals surface area (Å²) in [5.74, 6) is 1.09. The Kier molecular flexibility index (Phi) is 5.67. The summed E-state index contributed by atoms with van der Waals surface area (Å²) < 4.78 is 12.2. The van der Waals surface area contributed by atoms with Crippen LogP contribution in [-0.2, 0) is 17.6 Å². The highest BCUT2D eigenvalue weighted by atomic mass is 79.9. The lowest BCUT2D eigenvalue weighted by Crippen LogP contribution is -2.35. The van der Waals surface area contributed by atoms with E-state index in [1.165, 1.54) is 11.1 Å². The van der Waals surface area contributed by atoms with Crippen molar-refractivity contribution in [2.24, 2.45) is 0 Å². The summed E-state index contributed by atoms with van der Waals surface area (Å²) >= 11 is 3.59. The normalized spacial score (nSPS) is 15.1. The molecule has 1 unspecified atom stereocenters. The highest BCUT2D eigenvalue weighted by molar-refractivity contribution is 9.10. The van der Waals surface area contributed by atoms with Crippen LogP contribution in [0.25, 0.3) is 0 Å². The molecular formula is C15H22BrNO2. The number of halogens is 1. The maximum atomic E-state index is 5.78. The summed E-state index contributed by atoms with van der Waals surface area (Å²) in [6.07, 6.45) is 3.09. The molecular weight excluding hydrogens is 306 g/mol. The van der Waals surface area contributed by atoms with Gasteiger partial charge in [0.15, 0.2) is 0 Å². The average molecular weight is 328 g/mol. The topological polar surface area (TPSA) is 30.5 Å². The van der Waals surface area contributed by atoms with Gasteiger partial charge in [-0.05, 0) is 42.6 Å². The standard InChI is InChI=1S/C15H22BrNO2/c1-3-5-17-14(10-18-2)9-12-8-13(16)7-11-4-6-19-15(11)12/h7-8,14,17H,3-6,9-10H2,1-2H3. The van der Waals surface area contributed by atoms with E-state index in [9.17, 15) is 0 Å². The molecule has 1 aliphatic rings. The van der Waals surface area contributed by atoms with Crippen LogP contribution in [0.1, 0.15) is 24.5 Å². The molecule has 1 aromatic carbocycles. The van der Waals surface area contributed by atoms with Gasteiger partial charge in [0, 0.05) is 24.0 Å². The maximum Gasteiger partial charge on any atom is 0.125 e. The number of ether oxygens (including phenoxy) is 2. The summed E-state index contributed by atoms with van der Waals surface area (Å²) in [5, 5.41) is 3.53. The van der Waals surface area contributed by atoms with Crippen molar-refractivity contribution in [3.05, 3.63) is 27.7 Å². The monoisotopic (exact) mass is 327 g/mol. The zero-order valence-corrected chi connectivity index (χ0v) is 13.3. The molecule has 0 radical (unpaired) electrons. The maximum absolute atomic E-state index is 5.78. The Labute approximate surface area is 123 Å². The highest BCUT2D eigenvalue weighted by Crippen LogP contribution is 2.33. The predicted molar refractivity (Wildman–Crippen MR) is 81.0 cm³/mol. The smallest absolute Gasteiger partial charge is 0.125 e. The first kappa shape index (κ1) is 14.8. The van der Waals surface area contributed by atoms with Gasteiger partial charge in [0.1, 0.15) is 5.75 Å². The Balaban J connectivity index is 2.12. The summed E-state index contributed by atoms with van der Waals surface area (Å²) in [6, 6.07) is 4.67. The zero-order chi connectivity index (χ0) is 13.7. The van der Waals surface area contributed by atoms with E-state index in [0.717, 1.165) is 49.2 Å². The molecule has 0 fully saturated rings. The van der Waals surface area contributed by atoms with Crippen LogP contribution in [0.5, 0.6) is 5.75 Å². The summed E-state index contributed by atoms with van der Waals surface area (Å²) in [4.78, 5) is 0. The number of hydrogen-bond acceptors (Lipinski definition) is 3. The molecule has 19 heavy (non-hydrogen) atoms. The van der Waals surface area contributed by atoms with Gasteiger partial charge in [-0.1, -0.05) is 22.9 Å². The van der Waals surface area contributed by atoms with Gasteiger partial charge in [0.05, 0.1) is 13.2 Å². The lowest BCUT2D eigenvalue weighted by molar-refractivity contribution is 0.165. The number of hydrogen-bond donors (Lipinski definition) is 1. The fourth-order valence-electron chi connectivity index (χ4n) is 2.50. The van der Waals surface area contributed by atoms with Crippen molar-refractivity contribution >= 4 is 15.9 Å². The van der Waals surface area contributed by atoms with Crippen LogP contribution in [0.2, 0.25) is 0 Å². The van der Waals surface area contributed by atoms with Crippen molar-refractivity contribution in [3.63, 3.8) is 0 Å². The molecule has 1 aromatic rings. The number of rotatable bonds is 7. The van der Waals surface area contributed by atoms with Crippen molar-refractivity contribution in [3.8, 4) is 5.75 Å². The van der Waals surface area contributed by atoms with Gasteiger partial charge in [-0.15, -0.1) is 0 Å². The summed E-state index contributed by atoms with van der Waals surface area (Å²) in [6.45, 7) is 4.72. The molecule has 0 saturated carbocycles. The molecule has 3 nitrogen and oxygen atoms in total. The van der Waals surface area contributed by atoms with E-state index in [4.69, 9.17) is 9.47 Å². The van der Waals surface area contributed by atoms with E-state index in [0.29, 0.717) is 6.04 Å². The molecule has 106 valence electrons. The minimum absolute atomic E-state index is 0.340. The van der Waals surface area contributed by atoms with Crippen LogP contribution in [0, 0.1) is 0 Å². The Morgan fingerprint density at radius 2 is 2.32 bits per heavy atom. The largest absolute Gasteiger partial charge is 0.493 e. The van der Waals surface area contributed by atoms with Crippen LogP contribution in [-0.4, -0.2) is 32.9 Å². The molecule has 0 saturated heterocycles. The first-order valence-corrected chi connectivity index (χ1v) is 7.70. The lowest BCUT2D eigenvalue weighted by Gasteiger charge is -2.19. The Morgan fingerprint density at radius 3 is 3.05 bits per heavy atom. The highest BCUT2D eigenvalue weighted by Gasteiger charge is 2.20. The summed E-state index contributed by atoms with van der Waals surface area (Å²) in [7, 11) is 1.75. The molecule has 1 heterocycles. The number of nitrogens with one attached hydrogen (secondary N) is 1. The number of methoxy groups -OCH3 is 1. The molecule has 0 aliphatic carbocycles. The van der Waals surface area contributed by atoms with Crippen molar-refractivity contribution in [2.75, 3.05) is 26.9 Å². The van der Waals surface area contributed by atoms with E-state index in [2.05, 4.69) is 40.3 Å². The Morgan fingerprint density at radius 1 is 1.47 bits per heavy atom. The molecule has 4 heteroatoms. The third-order valence-electron chi connectivity index (χ3n) is 3.34. The van der Waals surface area contributed by atoms with E-state index >= 15 is 0 Å². The van der Waals surface area contributed by atoms with Crippen molar-refractivity contribution < 1.29 is 9.47 Å². The summed E-state index contributed by atoms with van der Waals surface area (Å²) in [5.41, 5.74) is 2.59. The minimum atomic E-state index is 0.340. The van der Waals surface area contributed by atoms with E-state index in [1.807, 2.05) is 0 Å². The third-order valence-corrected chi connectivity index (χ3v) is 3.80. The lowest BCUT2D eigenvalue weighted by atomic mass is 10.0. The van der Waals surface area contributed by atoms with Crippen LogP contribution >= 0.6 is 15.9 Å². The van der Waals surface area contributed by atoms with E-state index in [1.54, 1.807) is 7.11 Å². The fraction of sp³-hybridized carbons (Fsp3) is 0.600. The molecule has 2 rings (SSSR count). The van der Waals surface area contributed by atoms with Crippen LogP contribution in [0.15, 0.2) is 16.6 Å². The first-order chi connectivity index (χ1) is 9.24. The van der Waals surface area contributed by atoms with Crippen molar-refractivity contribution in [1.82, 2.24) is 5.32 Å². The second kappa shape index (κ2) is 7.27. The molecule has 0 aromatic heterocycles. The third kappa shape index (κ3) is 3.94. The van der Waals surface area contributed by atoms with Gasteiger partial charge in [0.2, 0.25) is 0 Å². The van der Waals surface area contributed by atoms with Gasteiger partial charge < -0.3 is 14.8 Å². The predicted octanol–water partition coefficient (Wildman–Crippen LogP) is 2.94. The number of benzene rings is 1. The van der Waals surface area contributed by atoms with E-state index < -0.39 is 0 Å². The Hall–Kier alpha value is -0.580. The second-order valence-corrected chi connectivity index (χ2v) is 5.88. The van der Waals surface area contributed by atoms with Crippen LogP contribution in [0.3, 0.4) is 0 Å². The van der Waals surface area contributed by atoms with Gasteiger partial charge in [-0.25, -0.2) is 0 Å². The van der Waals surface area contributed by atoms with Gasteiger partial charge in [-0.3, -0.25) is 0 Å². The van der Waals surface area contributed by atoms with Gasteiger partial charge in [0.25, 0.3) is 0 Å². The molecule has 1 N–H and O–H groups in total. The Bertz CT molecular complexity index is 423. The molecule has 1 aliphatic heterocycles. The van der Waals surface area contributed by atoms with Gasteiger partial charge in [-0.2, -0.15) is 0 Å². The molecule has 0 bridgehead atoms. The second-order valence-electron chi connectivity index (χ2n) is 4.96. The zero-order valence-electron chi connectivity index (χ0n) is 11.7. The van der Waals surface area contributed by atoms with E-state index in [-0.39, 0.29) is 0 Å². The van der Waals surface area contributed by atoms with Crippen LogP contribution in [0.4, 0.5) is 0 Å². The van der Waals surface area contributed by atoms with Crippen molar-refractivity contribution in [2.45, 2.75) is 32.2 Å². The molecule has 1 atom stereocenters. The quantitative estimate of drug-likeness (QED) is 0.835. The number of fused-ring (bicyclic) bond motifs is 1. The SMILES string of the molecule is CCCNC(COC)Cc1cc(Br)cc2c1OCC2.